The van der Waals surface area contributed by atoms with E-state index in [1.54, 1.807) is 0 Å². The molecule has 0 radical (unpaired) electrons. The van der Waals surface area contributed by atoms with Crippen molar-refractivity contribution < 1.29 is 20.1 Å². The summed E-state index contributed by atoms with van der Waals surface area (Å²) in [6.07, 6.45) is 12.3. The lowest BCUT2D eigenvalue weighted by Crippen LogP contribution is -2.72. The molecule has 4 saturated carbocycles. The summed E-state index contributed by atoms with van der Waals surface area (Å²) in [6, 6.07) is 0. The Bertz CT molecular complexity index is 913. The molecule has 6 rings (SSSR count). The zero-order valence-electron chi connectivity index (χ0n) is 22.4. The second-order valence-corrected chi connectivity index (χ2v) is 15.4. The maximum atomic E-state index is 11.8. The lowest BCUT2D eigenvalue weighted by Gasteiger charge is -2.73. The molecule has 4 nitrogen and oxygen atoms in total. The number of aliphatic hydroxyl groups is 3. The normalized spacial score (nSPS) is 61.7. The topological polar surface area (TPSA) is 69.9 Å². The summed E-state index contributed by atoms with van der Waals surface area (Å²) in [5.74, 6) is 1.01. The number of hydrogen-bond donors (Lipinski definition) is 3. The molecule has 1 heterocycles. The number of allylic oxidation sites excluding steroid dienone is 1. The third-order valence-electron chi connectivity index (χ3n) is 13.7. The van der Waals surface area contributed by atoms with Gasteiger partial charge in [-0.15, -0.1) is 0 Å². The first-order valence-corrected chi connectivity index (χ1v) is 14.1. The van der Waals surface area contributed by atoms with Crippen molar-refractivity contribution in [1.82, 2.24) is 0 Å². The van der Waals surface area contributed by atoms with Crippen LogP contribution in [-0.2, 0) is 4.74 Å². The van der Waals surface area contributed by atoms with Gasteiger partial charge in [0.15, 0.2) is 0 Å². The fraction of sp³-hybridized carbons (Fsp3) is 0.933. The minimum atomic E-state index is -0.448. The molecule has 0 aromatic heterocycles. The quantitative estimate of drug-likeness (QED) is 0.464. The largest absolute Gasteiger partial charge is 0.396 e. The van der Waals surface area contributed by atoms with Gasteiger partial charge in [-0.25, -0.2) is 0 Å². The molecule has 4 heteroatoms. The van der Waals surface area contributed by atoms with Gasteiger partial charge in [-0.2, -0.15) is 0 Å². The molecular formula is C30H48O4. The van der Waals surface area contributed by atoms with Gasteiger partial charge in [0.05, 0.1) is 31.0 Å². The lowest BCUT2D eigenvalue weighted by molar-refractivity contribution is -0.259. The van der Waals surface area contributed by atoms with Gasteiger partial charge in [0.25, 0.3) is 0 Å². The summed E-state index contributed by atoms with van der Waals surface area (Å²) < 4.78 is 7.01. The van der Waals surface area contributed by atoms with Crippen LogP contribution in [0.25, 0.3) is 0 Å². The van der Waals surface area contributed by atoms with Gasteiger partial charge in [-0.05, 0) is 79.4 Å². The average Bonchev–Trinajstić information content (AvgIpc) is 3.04. The molecule has 11 atom stereocenters. The smallest absolute Gasteiger partial charge is 0.0957 e. The highest BCUT2D eigenvalue weighted by molar-refractivity contribution is 5.35. The Morgan fingerprint density at radius 1 is 0.853 bits per heavy atom. The predicted octanol–water partition coefficient (Wildman–Crippen LogP) is 5.10. The van der Waals surface area contributed by atoms with E-state index in [9.17, 15) is 15.3 Å². The fourth-order valence-electron chi connectivity index (χ4n) is 11.3. The summed E-state index contributed by atoms with van der Waals surface area (Å²) in [7, 11) is 0. The van der Waals surface area contributed by atoms with Crippen LogP contribution >= 0.6 is 0 Å². The lowest BCUT2D eigenvalue weighted by atomic mass is 9.32. The second kappa shape index (κ2) is 6.71. The molecule has 1 saturated heterocycles. The Balaban J connectivity index is 1.49. The average molecular weight is 473 g/mol. The maximum Gasteiger partial charge on any atom is 0.0957 e. The van der Waals surface area contributed by atoms with E-state index in [-0.39, 0.29) is 45.4 Å². The van der Waals surface area contributed by atoms with Crippen molar-refractivity contribution in [3.8, 4) is 0 Å². The van der Waals surface area contributed by atoms with Gasteiger partial charge in [0.2, 0.25) is 0 Å². The maximum absolute atomic E-state index is 11.8. The standard InChI is InChI=1S/C30H48O4/c1-24(2)13-14-29-18-34-30(21(29)15-24)12-8-20-25(3)10-9-22(32)26(4,17-31)19(25)7-11-27(20,5)28(30,6)16-23(29)33/h8,12,19-23,31-33H,7,9-11,13-18H2,1-6H3/t19-,20-,21-,22+,23+,25+,26+,27-,28+,29-,30-/m1/s1. The van der Waals surface area contributed by atoms with Crippen LogP contribution in [-0.4, -0.2) is 46.3 Å². The predicted molar refractivity (Wildman–Crippen MR) is 133 cm³/mol. The molecule has 0 unspecified atom stereocenters. The third-order valence-corrected chi connectivity index (χ3v) is 13.7. The summed E-state index contributed by atoms with van der Waals surface area (Å²) >= 11 is 0. The molecule has 0 amide bonds. The monoisotopic (exact) mass is 472 g/mol. The van der Waals surface area contributed by atoms with Crippen molar-refractivity contribution in [2.75, 3.05) is 13.2 Å². The fourth-order valence-corrected chi connectivity index (χ4v) is 11.3. The van der Waals surface area contributed by atoms with Crippen LogP contribution in [0, 0.1) is 50.2 Å². The van der Waals surface area contributed by atoms with E-state index in [1.807, 2.05) is 0 Å². The Morgan fingerprint density at radius 2 is 1.59 bits per heavy atom. The van der Waals surface area contributed by atoms with E-state index in [2.05, 4.69) is 53.7 Å². The van der Waals surface area contributed by atoms with Crippen molar-refractivity contribution in [3.63, 3.8) is 0 Å². The van der Waals surface area contributed by atoms with Gasteiger partial charge in [-0.3, -0.25) is 0 Å². The Hall–Kier alpha value is -0.420. The van der Waals surface area contributed by atoms with Gasteiger partial charge in [-0.1, -0.05) is 53.7 Å². The van der Waals surface area contributed by atoms with E-state index in [0.717, 1.165) is 44.9 Å². The van der Waals surface area contributed by atoms with Crippen molar-refractivity contribution in [3.05, 3.63) is 12.2 Å². The van der Waals surface area contributed by atoms with Crippen LogP contribution in [0.1, 0.15) is 92.9 Å². The zero-order chi connectivity index (χ0) is 24.6. The minimum absolute atomic E-state index is 0.00469. The van der Waals surface area contributed by atoms with Gasteiger partial charge in [0.1, 0.15) is 0 Å². The van der Waals surface area contributed by atoms with Crippen molar-refractivity contribution in [1.29, 1.82) is 0 Å². The highest BCUT2D eigenvalue weighted by atomic mass is 16.5. The first-order valence-electron chi connectivity index (χ1n) is 14.1. The van der Waals surface area contributed by atoms with E-state index < -0.39 is 11.5 Å². The van der Waals surface area contributed by atoms with E-state index >= 15 is 0 Å². The molecular weight excluding hydrogens is 424 g/mol. The first-order chi connectivity index (χ1) is 15.7. The van der Waals surface area contributed by atoms with Crippen LogP contribution in [0.2, 0.25) is 0 Å². The molecule has 0 aromatic rings. The zero-order valence-corrected chi connectivity index (χ0v) is 22.4. The van der Waals surface area contributed by atoms with E-state index in [4.69, 9.17) is 4.74 Å². The van der Waals surface area contributed by atoms with Crippen LogP contribution < -0.4 is 0 Å². The van der Waals surface area contributed by atoms with Gasteiger partial charge >= 0.3 is 0 Å². The number of fused-ring (bicyclic) bond motifs is 4. The minimum Gasteiger partial charge on any atom is -0.396 e. The first kappa shape index (κ1) is 23.9. The van der Waals surface area contributed by atoms with Crippen LogP contribution in [0.3, 0.4) is 0 Å². The SMILES string of the molecule is CC1(C)CC[C@]23CO[C@]4(C=C[C@@H]5[C@@]6(C)CC[C@H](O)[C@@](C)(CO)[C@@H]6CC[C@@]5(C)[C@]4(C)C[C@@H]2O)[C@@H]3C1. The molecule has 6 aliphatic rings. The van der Waals surface area contributed by atoms with Crippen molar-refractivity contribution in [2.45, 2.75) is 111 Å². The molecule has 0 aromatic carbocycles. The van der Waals surface area contributed by atoms with Crippen LogP contribution in [0.15, 0.2) is 12.2 Å². The summed E-state index contributed by atoms with van der Waals surface area (Å²) in [6.45, 7) is 15.1. The van der Waals surface area contributed by atoms with E-state index in [1.165, 1.54) is 6.42 Å². The van der Waals surface area contributed by atoms with Gasteiger partial charge < -0.3 is 20.1 Å². The summed E-state index contributed by atoms with van der Waals surface area (Å²) in [5.41, 5.74) is -0.668. The van der Waals surface area contributed by atoms with Crippen LogP contribution in [0.5, 0.6) is 0 Å². The number of ether oxygens (including phenoxy) is 1. The summed E-state index contributed by atoms with van der Waals surface area (Å²) in [4.78, 5) is 0. The molecule has 192 valence electrons. The number of rotatable bonds is 1. The second-order valence-electron chi connectivity index (χ2n) is 15.4. The Labute approximate surface area is 206 Å². The highest BCUT2D eigenvalue weighted by Crippen LogP contribution is 2.79. The molecule has 5 aliphatic carbocycles. The Kier molecular flexibility index (Phi) is 4.73. The Morgan fingerprint density at radius 3 is 2.29 bits per heavy atom. The van der Waals surface area contributed by atoms with Crippen molar-refractivity contribution >= 4 is 0 Å². The number of hydrogen-bond acceptors (Lipinski definition) is 4. The van der Waals surface area contributed by atoms with Crippen LogP contribution in [0.4, 0.5) is 0 Å². The third kappa shape index (κ3) is 2.42. The number of aliphatic hydroxyl groups excluding tert-OH is 3. The molecule has 1 spiro atoms. The molecule has 5 fully saturated rings. The summed E-state index contributed by atoms with van der Waals surface area (Å²) in [5, 5.41) is 33.2. The van der Waals surface area contributed by atoms with E-state index in [0.29, 0.717) is 24.4 Å². The highest BCUT2D eigenvalue weighted by Gasteiger charge is 2.78. The van der Waals surface area contributed by atoms with Crippen molar-refractivity contribution in [2.24, 2.45) is 50.2 Å². The molecule has 2 bridgehead atoms. The molecule has 1 aliphatic heterocycles. The van der Waals surface area contributed by atoms with Gasteiger partial charge in [0, 0.05) is 22.2 Å². The molecule has 3 N–H and O–H groups in total. The molecule has 34 heavy (non-hydrogen) atoms.